The van der Waals surface area contributed by atoms with Gasteiger partial charge in [-0.15, -0.1) is 10.2 Å². The zero-order valence-corrected chi connectivity index (χ0v) is 17.8. The highest BCUT2D eigenvalue weighted by atomic mass is 32.2. The van der Waals surface area contributed by atoms with E-state index in [0.29, 0.717) is 30.0 Å². The van der Waals surface area contributed by atoms with E-state index in [1.165, 1.54) is 17.3 Å². The maximum atomic E-state index is 12.2. The van der Waals surface area contributed by atoms with Crippen LogP contribution in [0.1, 0.15) is 28.4 Å². The number of hydrogen-bond donors (Lipinski definition) is 1. The number of aryl methyl sites for hydroxylation is 1. The van der Waals surface area contributed by atoms with Crippen LogP contribution in [0.25, 0.3) is 0 Å². The molecule has 148 valence electrons. The van der Waals surface area contributed by atoms with Crippen molar-refractivity contribution in [2.75, 3.05) is 12.0 Å². The summed E-state index contributed by atoms with van der Waals surface area (Å²) in [5, 5.41) is 15.9. The summed E-state index contributed by atoms with van der Waals surface area (Å²) < 4.78 is 7.44. The maximum absolute atomic E-state index is 12.2. The predicted molar refractivity (Wildman–Crippen MR) is 111 cm³/mol. The standard InChI is InChI=1S/C19H23N5O2S2/c1-13-16(14(2)24(23-13)10-15-7-5-4-6-8-15)9-20-17(25)11-28-19-22-21-18(26-19)12-27-3/h4-8H,9-12H2,1-3H3,(H,20,25). The van der Waals surface area contributed by atoms with Crippen LogP contribution in [0, 0.1) is 13.8 Å². The largest absolute Gasteiger partial charge is 0.415 e. The van der Waals surface area contributed by atoms with E-state index in [1.807, 2.05) is 43.0 Å². The van der Waals surface area contributed by atoms with Gasteiger partial charge in [-0.1, -0.05) is 42.1 Å². The molecule has 3 rings (SSSR count). The smallest absolute Gasteiger partial charge is 0.277 e. The third-order valence-corrected chi connectivity index (χ3v) is 5.57. The van der Waals surface area contributed by atoms with Gasteiger partial charge in [-0.05, 0) is 25.7 Å². The minimum atomic E-state index is -0.0794. The lowest BCUT2D eigenvalue weighted by molar-refractivity contribution is -0.118. The van der Waals surface area contributed by atoms with Crippen molar-refractivity contribution in [3.63, 3.8) is 0 Å². The fraction of sp³-hybridized carbons (Fsp3) is 0.368. The van der Waals surface area contributed by atoms with Crippen molar-refractivity contribution >= 4 is 29.4 Å². The molecule has 0 aliphatic heterocycles. The lowest BCUT2D eigenvalue weighted by Gasteiger charge is -2.07. The summed E-state index contributed by atoms with van der Waals surface area (Å²) in [7, 11) is 0. The number of benzene rings is 1. The second kappa shape index (κ2) is 9.79. The normalized spacial score (nSPS) is 11.0. The van der Waals surface area contributed by atoms with Gasteiger partial charge in [0.2, 0.25) is 11.8 Å². The Kier molecular flexibility index (Phi) is 7.16. The number of carbonyl (C=O) groups is 1. The van der Waals surface area contributed by atoms with E-state index in [1.54, 1.807) is 11.8 Å². The summed E-state index contributed by atoms with van der Waals surface area (Å²) in [6.45, 7) is 5.17. The molecular formula is C19H23N5O2S2. The van der Waals surface area contributed by atoms with Gasteiger partial charge in [0.25, 0.3) is 5.22 Å². The second-order valence-electron chi connectivity index (χ2n) is 6.25. The monoisotopic (exact) mass is 417 g/mol. The van der Waals surface area contributed by atoms with E-state index in [-0.39, 0.29) is 11.7 Å². The van der Waals surface area contributed by atoms with E-state index >= 15 is 0 Å². The van der Waals surface area contributed by atoms with Gasteiger partial charge in [0.15, 0.2) is 0 Å². The fourth-order valence-electron chi connectivity index (χ4n) is 2.74. The third-order valence-electron chi connectivity index (χ3n) is 4.21. The van der Waals surface area contributed by atoms with Gasteiger partial charge in [-0.3, -0.25) is 9.48 Å². The predicted octanol–water partition coefficient (Wildman–Crippen LogP) is 3.20. The van der Waals surface area contributed by atoms with Gasteiger partial charge in [-0.25, -0.2) is 0 Å². The van der Waals surface area contributed by atoms with Gasteiger partial charge in [-0.2, -0.15) is 16.9 Å². The molecule has 0 aliphatic rings. The molecule has 7 nitrogen and oxygen atoms in total. The average Bonchev–Trinajstić information content (AvgIpc) is 3.24. The van der Waals surface area contributed by atoms with Crippen LogP contribution in [-0.2, 0) is 23.6 Å². The highest BCUT2D eigenvalue weighted by Gasteiger charge is 2.14. The molecule has 2 aromatic heterocycles. The van der Waals surface area contributed by atoms with Crippen LogP contribution in [-0.4, -0.2) is 37.9 Å². The molecule has 0 radical (unpaired) electrons. The molecule has 1 N–H and O–H groups in total. The number of amides is 1. The van der Waals surface area contributed by atoms with Crippen molar-refractivity contribution < 1.29 is 9.21 Å². The Balaban J connectivity index is 1.52. The zero-order chi connectivity index (χ0) is 19.9. The van der Waals surface area contributed by atoms with E-state index < -0.39 is 0 Å². The maximum Gasteiger partial charge on any atom is 0.277 e. The molecule has 0 fully saturated rings. The van der Waals surface area contributed by atoms with Crippen molar-refractivity contribution in [1.82, 2.24) is 25.3 Å². The minimum Gasteiger partial charge on any atom is -0.415 e. The molecule has 2 heterocycles. The molecule has 1 amide bonds. The molecular weight excluding hydrogens is 394 g/mol. The van der Waals surface area contributed by atoms with Gasteiger partial charge in [0, 0.05) is 17.8 Å². The van der Waals surface area contributed by atoms with Crippen LogP contribution in [0.5, 0.6) is 0 Å². The number of hydrogen-bond acceptors (Lipinski definition) is 7. The molecule has 0 saturated heterocycles. The van der Waals surface area contributed by atoms with Crippen molar-refractivity contribution in [2.24, 2.45) is 0 Å². The molecule has 3 aromatic rings. The Morgan fingerprint density at radius 1 is 1.21 bits per heavy atom. The quantitative estimate of drug-likeness (QED) is 0.535. The minimum absolute atomic E-state index is 0.0794. The van der Waals surface area contributed by atoms with Crippen molar-refractivity contribution in [1.29, 1.82) is 0 Å². The zero-order valence-electron chi connectivity index (χ0n) is 16.1. The van der Waals surface area contributed by atoms with E-state index in [2.05, 4.69) is 32.7 Å². The number of rotatable bonds is 9. The van der Waals surface area contributed by atoms with Crippen LogP contribution in [0.2, 0.25) is 0 Å². The van der Waals surface area contributed by atoms with Crippen LogP contribution >= 0.6 is 23.5 Å². The van der Waals surface area contributed by atoms with E-state index in [0.717, 1.165) is 17.0 Å². The number of nitrogens with zero attached hydrogens (tertiary/aromatic N) is 4. The molecule has 28 heavy (non-hydrogen) atoms. The summed E-state index contributed by atoms with van der Waals surface area (Å²) in [6.07, 6.45) is 1.97. The number of nitrogens with one attached hydrogen (secondary N) is 1. The van der Waals surface area contributed by atoms with Gasteiger partial charge in [0.1, 0.15) is 0 Å². The Morgan fingerprint density at radius 2 is 2.00 bits per heavy atom. The second-order valence-corrected chi connectivity index (χ2v) is 8.05. The first-order valence-corrected chi connectivity index (χ1v) is 11.2. The average molecular weight is 418 g/mol. The molecule has 1 aromatic carbocycles. The number of aromatic nitrogens is 4. The number of carbonyl (C=O) groups excluding carboxylic acids is 1. The first-order chi connectivity index (χ1) is 13.6. The number of thioether (sulfide) groups is 2. The highest BCUT2D eigenvalue weighted by molar-refractivity contribution is 7.99. The van der Waals surface area contributed by atoms with Gasteiger partial charge in [0.05, 0.1) is 23.7 Å². The van der Waals surface area contributed by atoms with Crippen LogP contribution in [0.3, 0.4) is 0 Å². The molecule has 0 unspecified atom stereocenters. The Morgan fingerprint density at radius 3 is 2.75 bits per heavy atom. The van der Waals surface area contributed by atoms with E-state index in [4.69, 9.17) is 4.42 Å². The molecule has 0 aliphatic carbocycles. The van der Waals surface area contributed by atoms with Crippen LogP contribution < -0.4 is 5.32 Å². The SMILES string of the molecule is CSCc1nnc(SCC(=O)NCc2c(C)nn(Cc3ccccc3)c2C)o1. The Bertz CT molecular complexity index is 924. The molecule has 0 saturated carbocycles. The first kappa shape index (κ1) is 20.5. The summed E-state index contributed by atoms with van der Waals surface area (Å²) in [5.74, 6) is 1.40. The Labute approximate surface area is 172 Å². The Hall–Kier alpha value is -2.26. The summed E-state index contributed by atoms with van der Waals surface area (Å²) in [4.78, 5) is 12.2. The summed E-state index contributed by atoms with van der Waals surface area (Å²) in [5.41, 5.74) is 4.24. The third kappa shape index (κ3) is 5.39. The van der Waals surface area contributed by atoms with Gasteiger partial charge < -0.3 is 9.73 Å². The summed E-state index contributed by atoms with van der Waals surface area (Å²) >= 11 is 2.85. The van der Waals surface area contributed by atoms with Gasteiger partial charge >= 0.3 is 0 Å². The molecule has 0 bridgehead atoms. The summed E-state index contributed by atoms with van der Waals surface area (Å²) in [6, 6.07) is 10.2. The van der Waals surface area contributed by atoms with Crippen LogP contribution in [0.15, 0.2) is 40.0 Å². The molecule has 0 spiro atoms. The van der Waals surface area contributed by atoms with Crippen molar-refractivity contribution in [2.45, 2.75) is 37.9 Å². The first-order valence-electron chi connectivity index (χ1n) is 8.84. The lowest BCUT2D eigenvalue weighted by atomic mass is 10.2. The van der Waals surface area contributed by atoms with E-state index in [9.17, 15) is 4.79 Å². The molecule has 9 heteroatoms. The fourth-order valence-corrected chi connectivity index (χ4v) is 3.72. The van der Waals surface area contributed by atoms with Crippen molar-refractivity contribution in [3.05, 3.63) is 58.7 Å². The van der Waals surface area contributed by atoms with Crippen LogP contribution in [0.4, 0.5) is 0 Å². The van der Waals surface area contributed by atoms with Crippen molar-refractivity contribution in [3.8, 4) is 0 Å². The topological polar surface area (TPSA) is 85.8 Å². The lowest BCUT2D eigenvalue weighted by Crippen LogP contribution is -2.25. The molecule has 0 atom stereocenters. The highest BCUT2D eigenvalue weighted by Crippen LogP contribution is 2.18.